The molecule has 34 heavy (non-hydrogen) atoms. The standard InChI is InChI=1S/C26H24N2O6/c29-24(27-12-15-11-21(15)25(30)31)23-10-9-16(34-23)13-28-26(32)33-14-22-19-7-3-1-5-17(19)18-6-2-4-8-20(18)22/h1-10,15,21-22H,11-14H2,(H,27,29)(H,28,32)(H,30,31)/t15-,21-/m1/s1. The first-order valence-electron chi connectivity index (χ1n) is 11.2. The van der Waals surface area contributed by atoms with Crippen LogP contribution in [-0.2, 0) is 16.1 Å². The summed E-state index contributed by atoms with van der Waals surface area (Å²) in [7, 11) is 0. The van der Waals surface area contributed by atoms with Crippen LogP contribution in [0.3, 0.4) is 0 Å². The molecule has 1 saturated carbocycles. The summed E-state index contributed by atoms with van der Waals surface area (Å²) in [5.74, 6) is -1.17. The van der Waals surface area contributed by atoms with Crippen LogP contribution in [0, 0.1) is 11.8 Å². The molecule has 174 valence electrons. The lowest BCUT2D eigenvalue weighted by Crippen LogP contribution is -2.26. The minimum Gasteiger partial charge on any atom is -0.481 e. The van der Waals surface area contributed by atoms with E-state index in [9.17, 15) is 14.4 Å². The Kier molecular flexibility index (Phi) is 5.79. The Balaban J connectivity index is 1.11. The summed E-state index contributed by atoms with van der Waals surface area (Å²) in [4.78, 5) is 35.4. The first kappa shape index (κ1) is 21.8. The highest BCUT2D eigenvalue weighted by Gasteiger charge is 2.43. The molecule has 2 aliphatic rings. The molecule has 0 radical (unpaired) electrons. The number of carboxylic acid groups (broad SMARTS) is 1. The topological polar surface area (TPSA) is 118 Å². The van der Waals surface area contributed by atoms with Crippen LogP contribution in [0.1, 0.15) is 39.8 Å². The molecule has 1 heterocycles. The predicted molar refractivity (Wildman–Crippen MR) is 122 cm³/mol. The Morgan fingerprint density at radius 3 is 2.26 bits per heavy atom. The molecule has 0 bridgehead atoms. The first-order valence-corrected chi connectivity index (χ1v) is 11.2. The lowest BCUT2D eigenvalue weighted by Gasteiger charge is -2.14. The van der Waals surface area contributed by atoms with Crippen LogP contribution < -0.4 is 10.6 Å². The van der Waals surface area contributed by atoms with Gasteiger partial charge in [-0.3, -0.25) is 9.59 Å². The molecule has 1 fully saturated rings. The quantitative estimate of drug-likeness (QED) is 0.471. The number of hydrogen-bond donors (Lipinski definition) is 3. The highest BCUT2D eigenvalue weighted by atomic mass is 16.5. The molecule has 0 saturated heterocycles. The minimum absolute atomic E-state index is 0.0238. The second-order valence-electron chi connectivity index (χ2n) is 8.60. The first-order chi connectivity index (χ1) is 16.5. The van der Waals surface area contributed by atoms with E-state index in [0.29, 0.717) is 18.7 Å². The zero-order chi connectivity index (χ0) is 23.7. The van der Waals surface area contributed by atoms with Gasteiger partial charge in [0.05, 0.1) is 12.5 Å². The Morgan fingerprint density at radius 1 is 0.941 bits per heavy atom. The summed E-state index contributed by atoms with van der Waals surface area (Å²) >= 11 is 0. The van der Waals surface area contributed by atoms with Gasteiger partial charge in [0.1, 0.15) is 12.4 Å². The highest BCUT2D eigenvalue weighted by molar-refractivity contribution is 5.91. The van der Waals surface area contributed by atoms with Crippen LogP contribution >= 0.6 is 0 Å². The number of amides is 2. The van der Waals surface area contributed by atoms with Gasteiger partial charge in [-0.15, -0.1) is 0 Å². The van der Waals surface area contributed by atoms with Crippen LogP contribution in [0.4, 0.5) is 4.79 Å². The van der Waals surface area contributed by atoms with Crippen LogP contribution in [0.15, 0.2) is 65.1 Å². The van der Waals surface area contributed by atoms with E-state index in [1.807, 2.05) is 24.3 Å². The van der Waals surface area contributed by atoms with E-state index in [-0.39, 0.29) is 36.7 Å². The third-order valence-corrected chi connectivity index (χ3v) is 6.40. The second-order valence-corrected chi connectivity index (χ2v) is 8.60. The maximum Gasteiger partial charge on any atom is 0.407 e. The van der Waals surface area contributed by atoms with Gasteiger partial charge in [0, 0.05) is 12.5 Å². The van der Waals surface area contributed by atoms with Crippen molar-refractivity contribution >= 4 is 18.0 Å². The molecular weight excluding hydrogens is 436 g/mol. The maximum absolute atomic E-state index is 12.3. The predicted octanol–water partition coefficient (Wildman–Crippen LogP) is 3.77. The van der Waals surface area contributed by atoms with Gasteiger partial charge in [-0.05, 0) is 46.7 Å². The molecule has 1 aromatic heterocycles. The Labute approximate surface area is 195 Å². The molecule has 2 amide bonds. The van der Waals surface area contributed by atoms with E-state index in [1.165, 1.54) is 6.07 Å². The molecule has 2 aromatic carbocycles. The fraction of sp³-hybridized carbons (Fsp3) is 0.269. The molecule has 3 N–H and O–H groups in total. The highest BCUT2D eigenvalue weighted by Crippen LogP contribution is 2.44. The Hall–Kier alpha value is -4.07. The van der Waals surface area contributed by atoms with E-state index in [1.54, 1.807) is 6.07 Å². The van der Waals surface area contributed by atoms with Crippen LogP contribution in [0.25, 0.3) is 11.1 Å². The summed E-state index contributed by atoms with van der Waals surface area (Å²) in [6.07, 6.45) is 0.000931. The number of hydrogen-bond acceptors (Lipinski definition) is 5. The molecule has 3 aromatic rings. The molecule has 8 heteroatoms. The Bertz CT molecular complexity index is 1200. The zero-order valence-electron chi connectivity index (χ0n) is 18.3. The smallest absolute Gasteiger partial charge is 0.407 e. The van der Waals surface area contributed by atoms with Crippen molar-refractivity contribution in [1.29, 1.82) is 0 Å². The maximum atomic E-state index is 12.3. The van der Waals surface area contributed by atoms with Crippen molar-refractivity contribution in [2.24, 2.45) is 11.8 Å². The molecule has 2 aliphatic carbocycles. The number of carboxylic acids is 1. The number of fused-ring (bicyclic) bond motifs is 3. The van der Waals surface area contributed by atoms with Crippen molar-refractivity contribution in [2.75, 3.05) is 13.2 Å². The SMILES string of the molecule is O=C(NCc1ccc(C(=O)NC[C@H]2C[C@H]2C(=O)O)o1)OCC1c2ccccc2-c2ccccc21. The number of nitrogens with one attached hydrogen (secondary N) is 2. The molecule has 5 rings (SSSR count). The number of carbonyl (C=O) groups is 3. The number of carbonyl (C=O) groups excluding carboxylic acids is 2. The van der Waals surface area contributed by atoms with Crippen LogP contribution in [0.2, 0.25) is 0 Å². The minimum atomic E-state index is -0.834. The number of ether oxygens (including phenoxy) is 1. The third kappa shape index (κ3) is 4.39. The average Bonchev–Trinajstić information content (AvgIpc) is 3.36. The van der Waals surface area contributed by atoms with Gasteiger partial charge in [0.2, 0.25) is 0 Å². The fourth-order valence-corrected chi connectivity index (χ4v) is 4.49. The summed E-state index contributed by atoms with van der Waals surface area (Å²) < 4.78 is 11.0. The van der Waals surface area contributed by atoms with Gasteiger partial charge >= 0.3 is 12.1 Å². The number of aliphatic carboxylic acids is 1. The fourth-order valence-electron chi connectivity index (χ4n) is 4.49. The molecule has 2 atom stereocenters. The molecule has 8 nitrogen and oxygen atoms in total. The van der Waals surface area contributed by atoms with Gasteiger partial charge in [-0.2, -0.15) is 0 Å². The van der Waals surface area contributed by atoms with E-state index in [4.69, 9.17) is 14.3 Å². The van der Waals surface area contributed by atoms with Gasteiger partial charge < -0.3 is 24.9 Å². The van der Waals surface area contributed by atoms with Crippen molar-refractivity contribution in [1.82, 2.24) is 10.6 Å². The Morgan fingerprint density at radius 2 is 1.62 bits per heavy atom. The summed E-state index contributed by atoms with van der Waals surface area (Å²) in [5.41, 5.74) is 4.60. The van der Waals surface area contributed by atoms with E-state index in [2.05, 4.69) is 34.9 Å². The van der Waals surface area contributed by atoms with Crippen molar-refractivity contribution in [3.63, 3.8) is 0 Å². The van der Waals surface area contributed by atoms with Crippen molar-refractivity contribution in [3.05, 3.63) is 83.3 Å². The number of benzene rings is 2. The summed E-state index contributed by atoms with van der Waals surface area (Å²) in [5, 5.41) is 14.3. The molecule has 0 unspecified atom stereocenters. The van der Waals surface area contributed by atoms with E-state index < -0.39 is 18.0 Å². The zero-order valence-corrected chi connectivity index (χ0v) is 18.3. The summed E-state index contributed by atoms with van der Waals surface area (Å²) in [6.45, 7) is 0.585. The molecular formula is C26H24N2O6. The van der Waals surface area contributed by atoms with Crippen molar-refractivity contribution < 1.29 is 28.6 Å². The lowest BCUT2D eigenvalue weighted by molar-refractivity contribution is -0.138. The second kappa shape index (κ2) is 9.05. The van der Waals surface area contributed by atoms with E-state index >= 15 is 0 Å². The lowest BCUT2D eigenvalue weighted by atomic mass is 9.98. The van der Waals surface area contributed by atoms with Crippen LogP contribution in [-0.4, -0.2) is 36.2 Å². The number of rotatable bonds is 8. The van der Waals surface area contributed by atoms with E-state index in [0.717, 1.165) is 22.3 Å². The molecule has 0 spiro atoms. The average molecular weight is 460 g/mol. The number of alkyl carbamates (subject to hydrolysis) is 1. The van der Waals surface area contributed by atoms with Gasteiger partial charge in [-0.1, -0.05) is 48.5 Å². The van der Waals surface area contributed by atoms with Gasteiger partial charge in [0.15, 0.2) is 5.76 Å². The van der Waals surface area contributed by atoms with Crippen molar-refractivity contribution in [3.8, 4) is 11.1 Å². The van der Waals surface area contributed by atoms with Gasteiger partial charge in [0.25, 0.3) is 5.91 Å². The normalized spacial score (nSPS) is 18.0. The van der Waals surface area contributed by atoms with Gasteiger partial charge in [-0.25, -0.2) is 4.79 Å². The molecule has 0 aliphatic heterocycles. The monoisotopic (exact) mass is 460 g/mol. The largest absolute Gasteiger partial charge is 0.481 e. The third-order valence-electron chi connectivity index (χ3n) is 6.40. The van der Waals surface area contributed by atoms with Crippen LogP contribution in [0.5, 0.6) is 0 Å². The summed E-state index contributed by atoms with van der Waals surface area (Å²) in [6, 6.07) is 19.4. The number of furan rings is 1. The van der Waals surface area contributed by atoms with Crippen molar-refractivity contribution in [2.45, 2.75) is 18.9 Å².